The van der Waals surface area contributed by atoms with Gasteiger partial charge < -0.3 is 5.73 Å². The van der Waals surface area contributed by atoms with Crippen molar-refractivity contribution in [2.75, 3.05) is 0 Å². The van der Waals surface area contributed by atoms with Gasteiger partial charge in [-0.25, -0.2) is 9.67 Å². The van der Waals surface area contributed by atoms with Crippen molar-refractivity contribution < 1.29 is 0 Å². The van der Waals surface area contributed by atoms with E-state index in [0.29, 0.717) is 0 Å². The maximum absolute atomic E-state index is 8.70. The Morgan fingerprint density at radius 3 is 2.62 bits per heavy atom. The molecular formula is C10H10N6. The molecule has 0 spiro atoms. The number of aliphatic imine (C=N–C) groups is 1. The Morgan fingerprint density at radius 1 is 1.50 bits per heavy atom. The molecular weight excluding hydrogens is 204 g/mol. The van der Waals surface area contributed by atoms with Crippen LogP contribution in [0.1, 0.15) is 11.4 Å². The molecule has 0 saturated carbocycles. The average Bonchev–Trinajstić information content (AvgIpc) is 2.58. The van der Waals surface area contributed by atoms with E-state index in [1.165, 1.54) is 11.0 Å². The van der Waals surface area contributed by atoms with Crippen molar-refractivity contribution in [3.05, 3.63) is 28.8 Å². The summed E-state index contributed by atoms with van der Waals surface area (Å²) in [5.41, 5.74) is 6.69. The van der Waals surface area contributed by atoms with Gasteiger partial charge in [-0.1, -0.05) is 0 Å². The molecule has 0 aromatic carbocycles. The van der Waals surface area contributed by atoms with Crippen LogP contribution in [0.2, 0.25) is 0 Å². The van der Waals surface area contributed by atoms with Crippen LogP contribution in [0, 0.1) is 36.5 Å². The van der Waals surface area contributed by atoms with Gasteiger partial charge in [-0.2, -0.15) is 15.6 Å². The highest BCUT2D eigenvalue weighted by Gasteiger charge is 2.00. The molecule has 0 amide bonds. The van der Waals surface area contributed by atoms with Crippen molar-refractivity contribution >= 4 is 6.34 Å². The van der Waals surface area contributed by atoms with Crippen LogP contribution >= 0.6 is 0 Å². The van der Waals surface area contributed by atoms with E-state index in [2.05, 4.69) is 10.1 Å². The summed E-state index contributed by atoms with van der Waals surface area (Å²) in [6.07, 6.45) is 1.35. The normalized spacial score (nSPS) is 12.0. The number of nitrogens with zero attached hydrogens (tertiary/aromatic N) is 5. The second kappa shape index (κ2) is 4.76. The van der Waals surface area contributed by atoms with E-state index >= 15 is 0 Å². The minimum atomic E-state index is -0.208. The standard InChI is InChI=1S/C10H10N6/c1-7-3-8(2)16(15-7)6-14-10(5-12)9(13)4-11/h3,6H,13H2,1-2H3/b10-9-,14-6?. The summed E-state index contributed by atoms with van der Waals surface area (Å²) in [7, 11) is 0. The molecule has 6 heteroatoms. The third-order valence-corrected chi connectivity index (χ3v) is 1.82. The lowest BCUT2D eigenvalue weighted by Gasteiger charge is -1.94. The molecule has 1 rings (SSSR count). The minimum Gasteiger partial charge on any atom is -0.388 e. The van der Waals surface area contributed by atoms with Crippen molar-refractivity contribution in [1.29, 1.82) is 10.5 Å². The SMILES string of the molecule is Cc1cc(C)n(C=N/C(C#N)=C(\N)C#N)n1. The van der Waals surface area contributed by atoms with Crippen LogP contribution in [0.5, 0.6) is 0 Å². The second-order valence-corrected chi connectivity index (χ2v) is 3.10. The molecule has 80 valence electrons. The van der Waals surface area contributed by atoms with Gasteiger partial charge in [-0.05, 0) is 19.9 Å². The van der Waals surface area contributed by atoms with Gasteiger partial charge in [0.15, 0.2) is 5.70 Å². The molecule has 0 atom stereocenters. The number of aryl methyl sites for hydroxylation is 2. The van der Waals surface area contributed by atoms with Gasteiger partial charge in [0, 0.05) is 5.69 Å². The Kier molecular flexibility index (Phi) is 3.41. The zero-order valence-electron chi connectivity index (χ0n) is 8.97. The number of hydrogen-bond acceptors (Lipinski definition) is 5. The maximum atomic E-state index is 8.70. The van der Waals surface area contributed by atoms with Gasteiger partial charge >= 0.3 is 0 Å². The zero-order chi connectivity index (χ0) is 12.1. The fourth-order valence-electron chi connectivity index (χ4n) is 1.09. The lowest BCUT2D eigenvalue weighted by Crippen LogP contribution is -2.03. The van der Waals surface area contributed by atoms with Crippen molar-refractivity contribution in [1.82, 2.24) is 9.78 Å². The summed E-state index contributed by atoms with van der Waals surface area (Å²) in [5.74, 6) is 0. The maximum Gasteiger partial charge on any atom is 0.176 e. The molecule has 0 saturated heterocycles. The van der Waals surface area contributed by atoms with Gasteiger partial charge in [0.2, 0.25) is 0 Å². The predicted molar refractivity (Wildman–Crippen MR) is 58.0 cm³/mol. The van der Waals surface area contributed by atoms with E-state index < -0.39 is 0 Å². The average molecular weight is 214 g/mol. The molecule has 6 nitrogen and oxygen atoms in total. The van der Waals surface area contributed by atoms with E-state index in [-0.39, 0.29) is 11.4 Å². The van der Waals surface area contributed by atoms with Gasteiger partial charge in [0.25, 0.3) is 0 Å². The molecule has 0 aliphatic heterocycles. The molecule has 16 heavy (non-hydrogen) atoms. The third-order valence-electron chi connectivity index (χ3n) is 1.82. The molecule has 0 aliphatic carbocycles. The summed E-state index contributed by atoms with van der Waals surface area (Å²) in [6, 6.07) is 5.28. The Bertz CT molecular complexity index is 535. The molecule has 0 radical (unpaired) electrons. The van der Waals surface area contributed by atoms with Crippen LogP contribution in [0.15, 0.2) is 22.5 Å². The molecule has 2 N–H and O–H groups in total. The van der Waals surface area contributed by atoms with Crippen molar-refractivity contribution in [2.45, 2.75) is 13.8 Å². The Labute approximate surface area is 92.9 Å². The number of allylic oxidation sites excluding steroid dienone is 2. The van der Waals surface area contributed by atoms with Crippen LogP contribution in [0.4, 0.5) is 0 Å². The van der Waals surface area contributed by atoms with Crippen LogP contribution in [0.25, 0.3) is 0 Å². The monoisotopic (exact) mass is 214 g/mol. The number of hydrogen-bond donors (Lipinski definition) is 1. The fourth-order valence-corrected chi connectivity index (χ4v) is 1.09. The largest absolute Gasteiger partial charge is 0.388 e. The fraction of sp³-hybridized carbons (Fsp3) is 0.200. The highest BCUT2D eigenvalue weighted by molar-refractivity contribution is 5.61. The molecule has 0 bridgehead atoms. The summed E-state index contributed by atoms with van der Waals surface area (Å²) in [6.45, 7) is 3.71. The highest BCUT2D eigenvalue weighted by Crippen LogP contribution is 2.01. The van der Waals surface area contributed by atoms with E-state index in [0.717, 1.165) is 11.4 Å². The summed E-state index contributed by atoms with van der Waals surface area (Å²) >= 11 is 0. The van der Waals surface area contributed by atoms with Crippen molar-refractivity contribution in [2.24, 2.45) is 10.7 Å². The minimum absolute atomic E-state index is 0.116. The first-order valence-electron chi connectivity index (χ1n) is 4.45. The van der Waals surface area contributed by atoms with E-state index in [4.69, 9.17) is 16.3 Å². The Balaban J connectivity index is 3.03. The smallest absolute Gasteiger partial charge is 0.176 e. The highest BCUT2D eigenvalue weighted by atomic mass is 15.3. The Hall–Kier alpha value is -2.60. The second-order valence-electron chi connectivity index (χ2n) is 3.10. The van der Waals surface area contributed by atoms with Crippen molar-refractivity contribution in [3.63, 3.8) is 0 Å². The van der Waals surface area contributed by atoms with Gasteiger partial charge in [-0.3, -0.25) is 0 Å². The van der Waals surface area contributed by atoms with Gasteiger partial charge in [0.1, 0.15) is 24.2 Å². The van der Waals surface area contributed by atoms with Crippen molar-refractivity contribution in [3.8, 4) is 12.1 Å². The van der Waals surface area contributed by atoms with E-state index in [9.17, 15) is 0 Å². The predicted octanol–water partition coefficient (Wildman–Crippen LogP) is 0.594. The summed E-state index contributed by atoms with van der Waals surface area (Å²) in [4.78, 5) is 3.80. The van der Waals surface area contributed by atoms with Gasteiger partial charge in [-0.15, -0.1) is 0 Å². The molecule has 1 aromatic heterocycles. The van der Waals surface area contributed by atoms with E-state index in [1.807, 2.05) is 19.9 Å². The van der Waals surface area contributed by atoms with E-state index in [1.54, 1.807) is 12.1 Å². The Morgan fingerprint density at radius 2 is 2.19 bits per heavy atom. The molecule has 0 unspecified atom stereocenters. The first kappa shape index (κ1) is 11.5. The summed E-state index contributed by atoms with van der Waals surface area (Å²) < 4.78 is 1.51. The number of rotatable bonds is 2. The quantitative estimate of drug-likeness (QED) is 0.442. The third kappa shape index (κ3) is 2.46. The van der Waals surface area contributed by atoms with Crippen LogP contribution < -0.4 is 5.73 Å². The van der Waals surface area contributed by atoms with Crippen LogP contribution in [-0.4, -0.2) is 16.1 Å². The number of nitriles is 2. The topological polar surface area (TPSA) is 104 Å². The lowest BCUT2D eigenvalue weighted by atomic mass is 10.4. The first-order valence-corrected chi connectivity index (χ1v) is 4.45. The molecule has 0 aliphatic rings. The number of aromatic nitrogens is 2. The van der Waals surface area contributed by atoms with Crippen LogP contribution in [0.3, 0.4) is 0 Å². The molecule has 1 heterocycles. The van der Waals surface area contributed by atoms with Gasteiger partial charge in [0.05, 0.1) is 5.69 Å². The first-order chi connectivity index (χ1) is 7.58. The lowest BCUT2D eigenvalue weighted by molar-refractivity contribution is 0.898. The summed E-state index contributed by atoms with van der Waals surface area (Å²) in [5, 5.41) is 21.3. The zero-order valence-corrected chi connectivity index (χ0v) is 8.97. The molecule has 0 fully saturated rings. The number of nitrogens with two attached hydrogens (primary N) is 1. The molecule has 1 aromatic rings. The van der Waals surface area contributed by atoms with Crippen LogP contribution in [-0.2, 0) is 0 Å².